The molecule has 14 heavy (non-hydrogen) atoms. The van der Waals surface area contributed by atoms with Crippen LogP contribution in [0.4, 0.5) is 0 Å². The first-order valence-electron chi connectivity index (χ1n) is 5.63. The van der Waals surface area contributed by atoms with Crippen LogP contribution in [0.1, 0.15) is 33.1 Å². The Morgan fingerprint density at radius 1 is 1.43 bits per heavy atom. The molecule has 0 aromatic rings. The van der Waals surface area contributed by atoms with Gasteiger partial charge in [-0.25, -0.2) is 0 Å². The van der Waals surface area contributed by atoms with E-state index >= 15 is 0 Å². The summed E-state index contributed by atoms with van der Waals surface area (Å²) in [6.07, 6.45) is 3.55. The lowest BCUT2D eigenvalue weighted by Gasteiger charge is -2.40. The summed E-state index contributed by atoms with van der Waals surface area (Å²) in [5.41, 5.74) is 0.111. The van der Waals surface area contributed by atoms with Crippen molar-refractivity contribution in [3.8, 4) is 0 Å². The van der Waals surface area contributed by atoms with Crippen molar-refractivity contribution in [3.63, 3.8) is 0 Å². The molecular formula is C11H20N2O. The fourth-order valence-corrected chi connectivity index (χ4v) is 2.38. The van der Waals surface area contributed by atoms with E-state index in [4.69, 9.17) is 0 Å². The average Bonchev–Trinajstić information content (AvgIpc) is 2.48. The maximum Gasteiger partial charge on any atom is 0.225 e. The number of nitrogens with one attached hydrogen (secondary N) is 2. The minimum Gasteiger partial charge on any atom is -0.351 e. The van der Waals surface area contributed by atoms with Crippen LogP contribution in [0.3, 0.4) is 0 Å². The second kappa shape index (κ2) is 3.54. The Morgan fingerprint density at radius 2 is 2.14 bits per heavy atom. The van der Waals surface area contributed by atoms with Crippen molar-refractivity contribution in [2.75, 3.05) is 13.1 Å². The zero-order valence-electron chi connectivity index (χ0n) is 9.10. The van der Waals surface area contributed by atoms with Crippen LogP contribution in [0, 0.1) is 11.8 Å². The molecule has 3 heteroatoms. The van der Waals surface area contributed by atoms with Crippen molar-refractivity contribution in [1.29, 1.82) is 0 Å². The summed E-state index contributed by atoms with van der Waals surface area (Å²) in [5.74, 6) is 0.927. The highest BCUT2D eigenvalue weighted by molar-refractivity contribution is 5.80. The normalized spacial score (nSPS) is 35.0. The summed E-state index contributed by atoms with van der Waals surface area (Å²) in [4.78, 5) is 11.9. The number of carbonyl (C=O) groups is 1. The quantitative estimate of drug-likeness (QED) is 0.689. The topological polar surface area (TPSA) is 41.1 Å². The molecule has 0 aromatic carbocycles. The second-order valence-electron chi connectivity index (χ2n) is 5.15. The zero-order valence-corrected chi connectivity index (χ0v) is 9.10. The van der Waals surface area contributed by atoms with Crippen molar-refractivity contribution < 1.29 is 4.79 Å². The van der Waals surface area contributed by atoms with Gasteiger partial charge in [0, 0.05) is 12.1 Å². The predicted molar refractivity (Wildman–Crippen MR) is 55.9 cm³/mol. The number of hydrogen-bond donors (Lipinski definition) is 2. The molecule has 0 bridgehead atoms. The third-order valence-electron chi connectivity index (χ3n) is 3.74. The SMILES string of the molecule is C[C@@H]1CNC[C@H]1C(=O)NC1(C)CCC1. The Hall–Kier alpha value is -0.570. The molecule has 0 spiro atoms. The Kier molecular flexibility index (Phi) is 2.52. The largest absolute Gasteiger partial charge is 0.351 e. The van der Waals surface area contributed by atoms with Crippen molar-refractivity contribution in [3.05, 3.63) is 0 Å². The first-order chi connectivity index (χ1) is 6.61. The zero-order chi connectivity index (χ0) is 10.2. The first-order valence-corrected chi connectivity index (χ1v) is 5.63. The van der Waals surface area contributed by atoms with E-state index in [0.29, 0.717) is 5.92 Å². The number of rotatable bonds is 2. The Morgan fingerprint density at radius 3 is 2.57 bits per heavy atom. The number of carbonyl (C=O) groups excluding carboxylic acids is 1. The van der Waals surface area contributed by atoms with E-state index in [2.05, 4.69) is 24.5 Å². The van der Waals surface area contributed by atoms with Gasteiger partial charge < -0.3 is 10.6 Å². The summed E-state index contributed by atoms with van der Waals surface area (Å²) >= 11 is 0. The van der Waals surface area contributed by atoms with Crippen LogP contribution < -0.4 is 10.6 Å². The molecule has 80 valence electrons. The molecule has 0 radical (unpaired) electrons. The van der Waals surface area contributed by atoms with Gasteiger partial charge in [-0.3, -0.25) is 4.79 Å². The third kappa shape index (κ3) is 1.78. The van der Waals surface area contributed by atoms with Gasteiger partial charge in [0.05, 0.1) is 5.92 Å². The van der Waals surface area contributed by atoms with E-state index in [1.54, 1.807) is 0 Å². The van der Waals surface area contributed by atoms with Crippen molar-refractivity contribution in [2.45, 2.75) is 38.6 Å². The molecule has 2 atom stereocenters. The van der Waals surface area contributed by atoms with Gasteiger partial charge in [0.1, 0.15) is 0 Å². The molecule has 2 rings (SSSR count). The number of amides is 1. The van der Waals surface area contributed by atoms with E-state index < -0.39 is 0 Å². The highest BCUT2D eigenvalue weighted by Gasteiger charge is 2.37. The fourth-order valence-electron chi connectivity index (χ4n) is 2.38. The monoisotopic (exact) mass is 196 g/mol. The highest BCUT2D eigenvalue weighted by atomic mass is 16.2. The van der Waals surface area contributed by atoms with Gasteiger partial charge in [0.2, 0.25) is 5.91 Å². The summed E-state index contributed by atoms with van der Waals surface area (Å²) in [6.45, 7) is 6.13. The van der Waals surface area contributed by atoms with Gasteiger partial charge in [-0.2, -0.15) is 0 Å². The van der Waals surface area contributed by atoms with Crippen LogP contribution in [0.2, 0.25) is 0 Å². The Labute approximate surface area is 85.6 Å². The van der Waals surface area contributed by atoms with Gasteiger partial charge in [0.25, 0.3) is 0 Å². The van der Waals surface area contributed by atoms with Crippen LogP contribution >= 0.6 is 0 Å². The van der Waals surface area contributed by atoms with Crippen LogP contribution in [-0.4, -0.2) is 24.5 Å². The molecule has 2 fully saturated rings. The number of hydrogen-bond acceptors (Lipinski definition) is 2. The molecule has 1 aliphatic heterocycles. The molecule has 1 heterocycles. The molecule has 1 saturated heterocycles. The summed E-state index contributed by atoms with van der Waals surface area (Å²) in [7, 11) is 0. The third-order valence-corrected chi connectivity index (χ3v) is 3.74. The summed E-state index contributed by atoms with van der Waals surface area (Å²) in [6, 6.07) is 0. The summed E-state index contributed by atoms with van der Waals surface area (Å²) in [5, 5.41) is 6.45. The molecule has 2 N–H and O–H groups in total. The van der Waals surface area contributed by atoms with Crippen molar-refractivity contribution in [1.82, 2.24) is 10.6 Å². The van der Waals surface area contributed by atoms with E-state index in [0.717, 1.165) is 25.9 Å². The average molecular weight is 196 g/mol. The van der Waals surface area contributed by atoms with Gasteiger partial charge in [-0.15, -0.1) is 0 Å². The molecule has 2 aliphatic rings. The lowest BCUT2D eigenvalue weighted by Crippen LogP contribution is -2.53. The smallest absolute Gasteiger partial charge is 0.225 e. The lowest BCUT2D eigenvalue weighted by atomic mass is 9.78. The van der Waals surface area contributed by atoms with E-state index in [-0.39, 0.29) is 17.4 Å². The van der Waals surface area contributed by atoms with Gasteiger partial charge >= 0.3 is 0 Å². The minimum absolute atomic E-state index is 0.111. The Balaban J connectivity index is 1.88. The van der Waals surface area contributed by atoms with E-state index in [9.17, 15) is 4.79 Å². The molecule has 1 amide bonds. The van der Waals surface area contributed by atoms with Crippen LogP contribution in [-0.2, 0) is 4.79 Å². The maximum absolute atomic E-state index is 11.9. The summed E-state index contributed by atoms with van der Waals surface area (Å²) < 4.78 is 0. The molecule has 0 unspecified atom stereocenters. The highest BCUT2D eigenvalue weighted by Crippen LogP contribution is 2.31. The second-order valence-corrected chi connectivity index (χ2v) is 5.15. The van der Waals surface area contributed by atoms with Crippen LogP contribution in [0.5, 0.6) is 0 Å². The van der Waals surface area contributed by atoms with Crippen molar-refractivity contribution >= 4 is 5.91 Å². The van der Waals surface area contributed by atoms with Crippen molar-refractivity contribution in [2.24, 2.45) is 11.8 Å². The standard InChI is InChI=1S/C11H20N2O/c1-8-6-12-7-9(8)10(14)13-11(2)4-3-5-11/h8-9,12H,3-7H2,1-2H3,(H,13,14)/t8-,9-/m1/s1. The fraction of sp³-hybridized carbons (Fsp3) is 0.909. The van der Waals surface area contributed by atoms with Gasteiger partial charge in [0.15, 0.2) is 0 Å². The van der Waals surface area contributed by atoms with E-state index in [1.165, 1.54) is 6.42 Å². The minimum atomic E-state index is 0.111. The Bertz CT molecular complexity index is 235. The van der Waals surface area contributed by atoms with Crippen LogP contribution in [0.25, 0.3) is 0 Å². The molecule has 3 nitrogen and oxygen atoms in total. The predicted octanol–water partition coefficient (Wildman–Crippen LogP) is 0.901. The lowest BCUT2D eigenvalue weighted by molar-refractivity contribution is -0.128. The van der Waals surface area contributed by atoms with Gasteiger partial charge in [-0.1, -0.05) is 6.92 Å². The first kappa shape index (κ1) is 9.97. The van der Waals surface area contributed by atoms with E-state index in [1.807, 2.05) is 0 Å². The van der Waals surface area contributed by atoms with Crippen LogP contribution in [0.15, 0.2) is 0 Å². The maximum atomic E-state index is 11.9. The molecule has 1 aliphatic carbocycles. The molecule has 0 aromatic heterocycles. The molecule has 1 saturated carbocycles. The van der Waals surface area contributed by atoms with Gasteiger partial charge in [-0.05, 0) is 38.6 Å². The molecular weight excluding hydrogens is 176 g/mol.